The van der Waals surface area contributed by atoms with Crippen molar-refractivity contribution in [3.8, 4) is 5.75 Å². The number of aromatic amines is 1. The van der Waals surface area contributed by atoms with Gasteiger partial charge in [-0.05, 0) is 36.6 Å². The minimum absolute atomic E-state index is 0.160. The number of carbonyl (C=O) groups is 2. The number of amides is 3. The van der Waals surface area contributed by atoms with Crippen molar-refractivity contribution in [1.29, 1.82) is 0 Å². The molecule has 9 nitrogen and oxygen atoms in total. The first-order valence-electron chi connectivity index (χ1n) is 11.0. The second-order valence-corrected chi connectivity index (χ2v) is 8.86. The van der Waals surface area contributed by atoms with Gasteiger partial charge in [0.1, 0.15) is 23.8 Å². The first-order chi connectivity index (χ1) is 15.8. The third kappa shape index (κ3) is 4.83. The van der Waals surface area contributed by atoms with Crippen LogP contribution < -0.4 is 10.1 Å². The van der Waals surface area contributed by atoms with E-state index in [1.165, 1.54) is 4.90 Å². The van der Waals surface area contributed by atoms with E-state index >= 15 is 0 Å². The number of nitrogens with one attached hydrogen (secondary N) is 2. The zero-order valence-electron chi connectivity index (χ0n) is 19.4. The monoisotopic (exact) mass is 451 g/mol. The van der Waals surface area contributed by atoms with Gasteiger partial charge in [-0.3, -0.25) is 15.0 Å². The van der Waals surface area contributed by atoms with Crippen LogP contribution in [0.5, 0.6) is 5.75 Å². The molecule has 0 aliphatic carbocycles. The van der Waals surface area contributed by atoms with Crippen molar-refractivity contribution in [2.24, 2.45) is 5.41 Å². The number of urea groups is 1. The number of aryl methyl sites for hydroxylation is 1. The topological polar surface area (TPSA) is 109 Å². The van der Waals surface area contributed by atoms with Gasteiger partial charge in [0.15, 0.2) is 0 Å². The molecule has 0 spiro atoms. The van der Waals surface area contributed by atoms with Crippen LogP contribution in [0, 0.1) is 12.3 Å². The Hall–Kier alpha value is -3.46. The van der Waals surface area contributed by atoms with E-state index in [9.17, 15) is 9.59 Å². The Balaban J connectivity index is 1.46. The number of fused-ring (bicyclic) bond motifs is 1. The van der Waals surface area contributed by atoms with Crippen LogP contribution in [-0.2, 0) is 16.0 Å². The number of likely N-dealkylation sites (tertiary alicyclic amines) is 1. The van der Waals surface area contributed by atoms with Crippen LogP contribution in [-0.4, -0.2) is 58.7 Å². The van der Waals surface area contributed by atoms with Gasteiger partial charge in [-0.2, -0.15) is 0 Å². The number of methoxy groups -OCH3 is 1. The van der Waals surface area contributed by atoms with Gasteiger partial charge >= 0.3 is 6.03 Å². The fourth-order valence-corrected chi connectivity index (χ4v) is 3.89. The summed E-state index contributed by atoms with van der Waals surface area (Å²) >= 11 is 0. The molecule has 1 fully saturated rings. The number of imide groups is 1. The molecule has 4 rings (SSSR count). The SMILES string of the molecule is COCCOc1cnc2[nH]cc(Cc3ccc(NC(=O)N4CCC(C)(C)C4=O)nc3C)c2c1. The van der Waals surface area contributed by atoms with Gasteiger partial charge in [0.05, 0.1) is 12.8 Å². The maximum Gasteiger partial charge on any atom is 0.329 e. The van der Waals surface area contributed by atoms with Gasteiger partial charge in [0.25, 0.3) is 0 Å². The van der Waals surface area contributed by atoms with Gasteiger partial charge < -0.3 is 14.5 Å². The van der Waals surface area contributed by atoms with Crippen LogP contribution in [0.3, 0.4) is 0 Å². The van der Waals surface area contributed by atoms with E-state index in [1.807, 2.05) is 39.1 Å². The number of H-pyrrole nitrogens is 1. The fourth-order valence-electron chi connectivity index (χ4n) is 3.89. The molecule has 0 unspecified atom stereocenters. The molecule has 4 heterocycles. The number of anilines is 1. The lowest BCUT2D eigenvalue weighted by Gasteiger charge is -2.18. The van der Waals surface area contributed by atoms with Gasteiger partial charge in [-0.1, -0.05) is 19.9 Å². The quantitative estimate of drug-likeness (QED) is 0.531. The van der Waals surface area contributed by atoms with E-state index in [-0.39, 0.29) is 5.91 Å². The molecule has 1 aliphatic heterocycles. The Morgan fingerprint density at radius 1 is 1.27 bits per heavy atom. The highest BCUT2D eigenvalue weighted by molar-refractivity contribution is 6.03. The summed E-state index contributed by atoms with van der Waals surface area (Å²) in [6.45, 7) is 7.00. The smallest absolute Gasteiger partial charge is 0.329 e. The average molecular weight is 452 g/mol. The van der Waals surface area contributed by atoms with Crippen LogP contribution in [0.15, 0.2) is 30.6 Å². The molecule has 3 aromatic heterocycles. The van der Waals surface area contributed by atoms with Crippen molar-refractivity contribution in [1.82, 2.24) is 19.9 Å². The molecular formula is C24H29N5O4. The van der Waals surface area contributed by atoms with Crippen LogP contribution >= 0.6 is 0 Å². The van der Waals surface area contributed by atoms with E-state index in [0.717, 1.165) is 27.9 Å². The van der Waals surface area contributed by atoms with Crippen molar-refractivity contribution in [3.05, 3.63) is 47.4 Å². The van der Waals surface area contributed by atoms with E-state index in [0.29, 0.717) is 44.2 Å². The molecule has 2 N–H and O–H groups in total. The van der Waals surface area contributed by atoms with Crippen molar-refractivity contribution in [2.45, 2.75) is 33.6 Å². The predicted octanol–water partition coefficient (Wildman–Crippen LogP) is 3.67. The fraction of sp³-hybridized carbons (Fsp3) is 0.417. The van der Waals surface area contributed by atoms with Gasteiger partial charge in [-0.15, -0.1) is 0 Å². The number of hydrogen-bond acceptors (Lipinski definition) is 6. The summed E-state index contributed by atoms with van der Waals surface area (Å²) in [5.41, 5.74) is 3.18. The van der Waals surface area contributed by atoms with E-state index < -0.39 is 11.4 Å². The zero-order valence-corrected chi connectivity index (χ0v) is 19.4. The summed E-state index contributed by atoms with van der Waals surface area (Å²) in [5.74, 6) is 0.952. The summed E-state index contributed by atoms with van der Waals surface area (Å²) in [5, 5.41) is 3.74. The summed E-state index contributed by atoms with van der Waals surface area (Å²) in [6, 6.07) is 5.24. The number of hydrogen-bond donors (Lipinski definition) is 2. The number of rotatable bonds is 7. The Labute approximate surface area is 192 Å². The van der Waals surface area contributed by atoms with E-state index in [1.54, 1.807) is 19.4 Å². The molecule has 0 aromatic carbocycles. The molecule has 0 atom stereocenters. The lowest BCUT2D eigenvalue weighted by Crippen LogP contribution is -2.39. The molecular weight excluding hydrogens is 422 g/mol. The van der Waals surface area contributed by atoms with Crippen LogP contribution in [0.2, 0.25) is 0 Å². The van der Waals surface area contributed by atoms with Crippen LogP contribution in [0.1, 0.15) is 37.1 Å². The van der Waals surface area contributed by atoms with Gasteiger partial charge in [0.2, 0.25) is 5.91 Å². The van der Waals surface area contributed by atoms with Crippen LogP contribution in [0.4, 0.5) is 10.6 Å². The summed E-state index contributed by atoms with van der Waals surface area (Å²) in [4.78, 5) is 38.4. The number of carbonyl (C=O) groups excluding carboxylic acids is 2. The molecule has 174 valence electrons. The maximum atomic E-state index is 12.6. The molecule has 0 radical (unpaired) electrons. The highest BCUT2D eigenvalue weighted by Gasteiger charge is 2.41. The summed E-state index contributed by atoms with van der Waals surface area (Å²) in [7, 11) is 1.63. The second kappa shape index (κ2) is 9.19. The molecule has 3 aromatic rings. The van der Waals surface area contributed by atoms with E-state index in [4.69, 9.17) is 9.47 Å². The molecule has 9 heteroatoms. The Morgan fingerprint density at radius 2 is 2.09 bits per heavy atom. The Bertz CT molecular complexity index is 1190. The zero-order chi connectivity index (χ0) is 23.6. The lowest BCUT2D eigenvalue weighted by atomic mass is 9.92. The summed E-state index contributed by atoms with van der Waals surface area (Å²) in [6.07, 6.45) is 4.93. The number of nitrogens with zero attached hydrogens (tertiary/aromatic N) is 3. The molecule has 3 amide bonds. The first-order valence-corrected chi connectivity index (χ1v) is 11.0. The minimum atomic E-state index is -0.507. The average Bonchev–Trinajstić information content (AvgIpc) is 3.30. The lowest BCUT2D eigenvalue weighted by molar-refractivity contribution is -0.131. The van der Waals surface area contributed by atoms with E-state index in [2.05, 4.69) is 20.3 Å². The number of ether oxygens (including phenoxy) is 2. The van der Waals surface area contributed by atoms with Crippen molar-refractivity contribution < 1.29 is 19.1 Å². The molecule has 33 heavy (non-hydrogen) atoms. The van der Waals surface area contributed by atoms with Gasteiger partial charge in [0, 0.05) is 42.8 Å². The largest absolute Gasteiger partial charge is 0.490 e. The maximum absolute atomic E-state index is 12.6. The third-order valence-electron chi connectivity index (χ3n) is 5.99. The molecule has 0 bridgehead atoms. The minimum Gasteiger partial charge on any atom is -0.490 e. The Morgan fingerprint density at radius 3 is 2.79 bits per heavy atom. The number of pyridine rings is 2. The van der Waals surface area contributed by atoms with Gasteiger partial charge in [-0.25, -0.2) is 14.8 Å². The van der Waals surface area contributed by atoms with Crippen molar-refractivity contribution >= 4 is 28.8 Å². The van der Waals surface area contributed by atoms with Crippen molar-refractivity contribution in [3.63, 3.8) is 0 Å². The Kier molecular flexibility index (Phi) is 6.33. The number of aromatic nitrogens is 3. The van der Waals surface area contributed by atoms with Crippen molar-refractivity contribution in [2.75, 3.05) is 32.2 Å². The standard InChI is InChI=1S/C24H29N5O4/c1-15-16(5-6-20(27-15)28-23(31)29-8-7-24(2,3)22(29)30)11-17-13-25-21-19(17)12-18(14-26-21)33-10-9-32-4/h5-6,12-14H,7-11H2,1-4H3,(H,25,26)(H,27,28,31). The first kappa shape index (κ1) is 22.7. The highest BCUT2D eigenvalue weighted by Crippen LogP contribution is 2.31. The molecule has 1 aliphatic rings. The third-order valence-corrected chi connectivity index (χ3v) is 5.99. The second-order valence-electron chi connectivity index (χ2n) is 8.86. The molecule has 0 saturated carbocycles. The molecule has 1 saturated heterocycles. The highest BCUT2D eigenvalue weighted by atomic mass is 16.5. The summed E-state index contributed by atoms with van der Waals surface area (Å²) < 4.78 is 10.7. The predicted molar refractivity (Wildman–Crippen MR) is 124 cm³/mol. The normalized spacial score (nSPS) is 15.3. The van der Waals surface area contributed by atoms with Crippen LogP contribution in [0.25, 0.3) is 11.0 Å².